The van der Waals surface area contributed by atoms with Crippen molar-refractivity contribution in [2.24, 2.45) is 0 Å². The van der Waals surface area contributed by atoms with Crippen LogP contribution in [0.4, 0.5) is 4.79 Å². The number of carboxylic acids is 1. The fourth-order valence-electron chi connectivity index (χ4n) is 1.40. The average Bonchev–Trinajstić information content (AvgIpc) is 2.09. The van der Waals surface area contributed by atoms with E-state index in [1.165, 1.54) is 0 Å². The number of hydrogen-bond acceptors (Lipinski definition) is 3. The third-order valence-corrected chi connectivity index (χ3v) is 2.39. The van der Waals surface area contributed by atoms with Gasteiger partial charge in [-0.05, 0) is 12.8 Å². The van der Waals surface area contributed by atoms with Gasteiger partial charge in [0, 0.05) is 19.7 Å². The summed E-state index contributed by atoms with van der Waals surface area (Å²) in [6.07, 6.45) is 1.83. The van der Waals surface area contributed by atoms with E-state index >= 15 is 0 Å². The Balaban J connectivity index is 2.02. The predicted molar refractivity (Wildman–Crippen MR) is 52.6 cm³/mol. The number of aliphatic carboxylic acids is 1. The molecule has 0 unspecified atom stereocenters. The molecule has 0 aromatic carbocycles. The zero-order chi connectivity index (χ0) is 11.3. The van der Waals surface area contributed by atoms with Gasteiger partial charge in [-0.15, -0.1) is 0 Å². The maximum atomic E-state index is 11.2. The summed E-state index contributed by atoms with van der Waals surface area (Å²) in [5.41, 5.74) is 0. The number of hydrogen-bond donors (Lipinski definition) is 3. The van der Waals surface area contributed by atoms with Gasteiger partial charge >= 0.3 is 12.0 Å². The smallest absolute Gasteiger partial charge is 0.315 e. The lowest BCUT2D eigenvalue weighted by Crippen LogP contribution is -2.50. The Morgan fingerprint density at radius 1 is 1.47 bits per heavy atom. The summed E-state index contributed by atoms with van der Waals surface area (Å²) in [7, 11) is 1.65. The Labute approximate surface area is 88.0 Å². The Bertz CT molecular complexity index is 238. The van der Waals surface area contributed by atoms with Crippen LogP contribution in [0, 0.1) is 0 Å². The molecule has 1 aliphatic rings. The molecule has 0 spiro atoms. The molecule has 1 rings (SSSR count). The molecule has 2 amide bonds. The number of carboxylic acid groups (broad SMARTS) is 1. The lowest BCUT2D eigenvalue weighted by atomic mass is 9.89. The van der Waals surface area contributed by atoms with Crippen molar-refractivity contribution in [2.75, 3.05) is 13.7 Å². The number of amides is 2. The molecule has 6 nitrogen and oxygen atoms in total. The van der Waals surface area contributed by atoms with Crippen LogP contribution in [-0.2, 0) is 9.53 Å². The number of urea groups is 1. The molecule has 15 heavy (non-hydrogen) atoms. The molecule has 86 valence electrons. The van der Waals surface area contributed by atoms with Crippen LogP contribution in [0.15, 0.2) is 0 Å². The van der Waals surface area contributed by atoms with Crippen LogP contribution in [0.1, 0.15) is 19.3 Å². The Hall–Kier alpha value is -1.30. The highest BCUT2D eigenvalue weighted by Gasteiger charge is 2.29. The van der Waals surface area contributed by atoms with E-state index in [0.717, 1.165) is 12.8 Å². The van der Waals surface area contributed by atoms with Gasteiger partial charge in [0.2, 0.25) is 0 Å². The molecule has 0 heterocycles. The molecule has 3 N–H and O–H groups in total. The lowest BCUT2D eigenvalue weighted by molar-refractivity contribution is -0.136. The van der Waals surface area contributed by atoms with Crippen molar-refractivity contribution in [1.82, 2.24) is 10.6 Å². The van der Waals surface area contributed by atoms with E-state index in [9.17, 15) is 9.59 Å². The number of rotatable bonds is 5. The Morgan fingerprint density at radius 2 is 2.13 bits per heavy atom. The first-order valence-electron chi connectivity index (χ1n) is 4.90. The molecule has 6 heteroatoms. The first-order chi connectivity index (χ1) is 7.11. The first kappa shape index (κ1) is 11.8. The minimum atomic E-state index is -0.918. The van der Waals surface area contributed by atoms with E-state index in [0.29, 0.717) is 0 Å². The molecular weight excluding hydrogens is 200 g/mol. The van der Waals surface area contributed by atoms with Crippen molar-refractivity contribution in [3.8, 4) is 0 Å². The quantitative estimate of drug-likeness (QED) is 0.600. The largest absolute Gasteiger partial charge is 0.481 e. The lowest BCUT2D eigenvalue weighted by Gasteiger charge is -2.34. The molecular formula is C9H16N2O4. The van der Waals surface area contributed by atoms with Gasteiger partial charge in [0.15, 0.2) is 0 Å². The Morgan fingerprint density at radius 3 is 2.67 bits per heavy atom. The van der Waals surface area contributed by atoms with E-state index in [1.54, 1.807) is 7.11 Å². The fraction of sp³-hybridized carbons (Fsp3) is 0.778. The second-order valence-electron chi connectivity index (χ2n) is 3.57. The Kier molecular flexibility index (Phi) is 4.36. The highest BCUT2D eigenvalue weighted by atomic mass is 16.5. The average molecular weight is 216 g/mol. The molecule has 1 saturated carbocycles. The van der Waals surface area contributed by atoms with Crippen molar-refractivity contribution >= 4 is 12.0 Å². The summed E-state index contributed by atoms with van der Waals surface area (Å²) in [4.78, 5) is 21.3. The van der Waals surface area contributed by atoms with Gasteiger partial charge in [-0.3, -0.25) is 4.79 Å². The topological polar surface area (TPSA) is 87.7 Å². The van der Waals surface area contributed by atoms with Crippen LogP contribution < -0.4 is 10.6 Å². The van der Waals surface area contributed by atoms with Crippen LogP contribution in [0.2, 0.25) is 0 Å². The second kappa shape index (κ2) is 5.55. The molecule has 0 atom stereocenters. The number of nitrogens with one attached hydrogen (secondary N) is 2. The van der Waals surface area contributed by atoms with Crippen LogP contribution in [0.5, 0.6) is 0 Å². The maximum absolute atomic E-state index is 11.2. The highest BCUT2D eigenvalue weighted by Crippen LogP contribution is 2.22. The SMILES string of the molecule is COC1CC(NC(=O)NCCC(=O)O)C1. The molecule has 0 bridgehead atoms. The minimum Gasteiger partial charge on any atom is -0.481 e. The maximum Gasteiger partial charge on any atom is 0.315 e. The summed E-state index contributed by atoms with van der Waals surface area (Å²) >= 11 is 0. The highest BCUT2D eigenvalue weighted by molar-refractivity contribution is 5.75. The summed E-state index contributed by atoms with van der Waals surface area (Å²) in [6.45, 7) is 0.154. The third-order valence-electron chi connectivity index (χ3n) is 2.39. The van der Waals surface area contributed by atoms with Crippen LogP contribution in [-0.4, -0.2) is 42.9 Å². The fourth-order valence-corrected chi connectivity index (χ4v) is 1.40. The summed E-state index contributed by atoms with van der Waals surface area (Å²) in [5, 5.41) is 13.5. The second-order valence-corrected chi connectivity index (χ2v) is 3.57. The third kappa shape index (κ3) is 4.16. The van der Waals surface area contributed by atoms with Crippen molar-refractivity contribution in [3.05, 3.63) is 0 Å². The monoisotopic (exact) mass is 216 g/mol. The van der Waals surface area contributed by atoms with Crippen LogP contribution in [0.25, 0.3) is 0 Å². The number of ether oxygens (including phenoxy) is 1. The number of carbonyl (C=O) groups is 2. The van der Waals surface area contributed by atoms with Gasteiger partial charge in [-0.25, -0.2) is 4.79 Å². The van der Waals surface area contributed by atoms with Crippen molar-refractivity contribution < 1.29 is 19.4 Å². The molecule has 0 aliphatic heterocycles. The van der Waals surface area contributed by atoms with Gasteiger partial charge in [-0.2, -0.15) is 0 Å². The van der Waals surface area contributed by atoms with Gasteiger partial charge < -0.3 is 20.5 Å². The van der Waals surface area contributed by atoms with E-state index < -0.39 is 5.97 Å². The van der Waals surface area contributed by atoms with Crippen molar-refractivity contribution in [1.29, 1.82) is 0 Å². The van der Waals surface area contributed by atoms with Crippen molar-refractivity contribution in [3.63, 3.8) is 0 Å². The van der Waals surface area contributed by atoms with Gasteiger partial charge in [-0.1, -0.05) is 0 Å². The number of methoxy groups -OCH3 is 1. The molecule has 0 radical (unpaired) electrons. The zero-order valence-corrected chi connectivity index (χ0v) is 8.66. The standard InChI is InChI=1S/C9H16N2O4/c1-15-7-4-6(5-7)11-9(14)10-3-2-8(12)13/h6-7H,2-5H2,1H3,(H,12,13)(H2,10,11,14). The van der Waals surface area contributed by atoms with Gasteiger partial charge in [0.05, 0.1) is 12.5 Å². The molecule has 1 aliphatic carbocycles. The van der Waals surface area contributed by atoms with Crippen molar-refractivity contribution in [2.45, 2.75) is 31.4 Å². The molecule has 1 fully saturated rings. The summed E-state index contributed by atoms with van der Waals surface area (Å²) in [5.74, 6) is -0.918. The minimum absolute atomic E-state index is 0.0568. The zero-order valence-electron chi connectivity index (χ0n) is 8.66. The molecule has 0 aromatic heterocycles. The van der Waals surface area contributed by atoms with E-state index in [-0.39, 0.29) is 31.1 Å². The van der Waals surface area contributed by atoms with Crippen LogP contribution >= 0.6 is 0 Å². The summed E-state index contributed by atoms with van der Waals surface area (Å²) in [6, 6.07) is -0.157. The van der Waals surface area contributed by atoms with Gasteiger partial charge in [0.1, 0.15) is 0 Å². The summed E-state index contributed by atoms with van der Waals surface area (Å²) < 4.78 is 5.06. The first-order valence-corrected chi connectivity index (χ1v) is 4.90. The molecule has 0 aromatic rings. The van der Waals surface area contributed by atoms with Crippen LogP contribution in [0.3, 0.4) is 0 Å². The van der Waals surface area contributed by atoms with E-state index in [4.69, 9.17) is 9.84 Å². The molecule has 0 saturated heterocycles. The number of carbonyl (C=O) groups excluding carboxylic acids is 1. The predicted octanol–water partition coefficient (Wildman–Crippen LogP) is -0.0623. The normalized spacial score (nSPS) is 24.1. The van der Waals surface area contributed by atoms with E-state index in [2.05, 4.69) is 10.6 Å². The van der Waals surface area contributed by atoms with E-state index in [1.807, 2.05) is 0 Å². The van der Waals surface area contributed by atoms with Gasteiger partial charge in [0.25, 0.3) is 0 Å².